The molecule has 5 N–H and O–H groups in total. The summed E-state index contributed by atoms with van der Waals surface area (Å²) in [6, 6.07) is 20.1. The standard InChI is InChI=1S/C31H33N13/c1-42(18-13-32)41-27-9-8-25-31(40-27)44(30(38-25)24-3-2-14-36-29(24)34)23-6-4-21(5-7-23)20-43-16-11-22(12-17-43)37-26-10-15-35-28(19-33)39-26/h2-10,13-15,22,32H,11-12,16-18,20H2,1H3,(H2,34,36)(H,40,41)(H,35,37,39). The van der Waals surface area contributed by atoms with Crippen LogP contribution in [0.15, 0.2) is 67.0 Å². The molecule has 1 fully saturated rings. The zero-order valence-electron chi connectivity index (χ0n) is 24.4. The molecule has 0 atom stereocenters. The van der Waals surface area contributed by atoms with E-state index in [1.165, 1.54) is 11.8 Å². The molecule has 0 aliphatic carbocycles. The van der Waals surface area contributed by atoms with Crippen LogP contribution in [0, 0.1) is 16.7 Å². The van der Waals surface area contributed by atoms with E-state index in [2.05, 4.69) is 54.9 Å². The van der Waals surface area contributed by atoms with Gasteiger partial charge in [-0.05, 0) is 60.9 Å². The third kappa shape index (κ3) is 6.31. The number of hydrazine groups is 1. The van der Waals surface area contributed by atoms with Crippen molar-refractivity contribution in [3.63, 3.8) is 0 Å². The molecule has 13 heteroatoms. The fourth-order valence-electron chi connectivity index (χ4n) is 5.38. The number of anilines is 3. The minimum atomic E-state index is 0.176. The molecule has 1 aliphatic rings. The molecule has 13 nitrogen and oxygen atoms in total. The number of likely N-dealkylation sites (tertiary alicyclic amines) is 1. The molecule has 5 aromatic rings. The number of benzene rings is 1. The van der Waals surface area contributed by atoms with Gasteiger partial charge in [0, 0.05) is 57.0 Å². The normalized spacial score (nSPS) is 14.0. The molecular formula is C31H33N13. The van der Waals surface area contributed by atoms with Crippen molar-refractivity contribution >= 4 is 34.8 Å². The van der Waals surface area contributed by atoms with Gasteiger partial charge in [-0.25, -0.2) is 29.9 Å². The first-order valence-corrected chi connectivity index (χ1v) is 14.4. The van der Waals surface area contributed by atoms with E-state index in [1.54, 1.807) is 23.5 Å². The average Bonchev–Trinajstić information content (AvgIpc) is 3.41. The molecule has 5 heterocycles. The molecule has 1 saturated heterocycles. The van der Waals surface area contributed by atoms with Crippen LogP contribution in [0.25, 0.3) is 28.2 Å². The van der Waals surface area contributed by atoms with Gasteiger partial charge in [0.05, 0.1) is 12.1 Å². The summed E-state index contributed by atoms with van der Waals surface area (Å²) in [6.45, 7) is 3.20. The molecular weight excluding hydrogens is 554 g/mol. The lowest BCUT2D eigenvalue weighted by Crippen LogP contribution is -2.38. The van der Waals surface area contributed by atoms with E-state index in [1.807, 2.05) is 41.9 Å². The largest absolute Gasteiger partial charge is 0.383 e. The van der Waals surface area contributed by atoms with E-state index in [9.17, 15) is 0 Å². The van der Waals surface area contributed by atoms with Crippen molar-refractivity contribution in [1.82, 2.24) is 39.4 Å². The number of nitrogens with two attached hydrogens (primary N) is 1. The monoisotopic (exact) mass is 587 g/mol. The Labute approximate surface area is 254 Å². The maximum atomic E-state index is 9.06. The van der Waals surface area contributed by atoms with Gasteiger partial charge in [0.1, 0.15) is 29.0 Å². The summed E-state index contributed by atoms with van der Waals surface area (Å²) >= 11 is 0. The van der Waals surface area contributed by atoms with E-state index in [0.717, 1.165) is 49.2 Å². The third-order valence-corrected chi connectivity index (χ3v) is 7.55. The minimum absolute atomic E-state index is 0.176. The first kappa shape index (κ1) is 28.7. The van der Waals surface area contributed by atoms with Crippen molar-refractivity contribution in [1.29, 1.82) is 10.7 Å². The molecule has 0 spiro atoms. The fourth-order valence-corrected chi connectivity index (χ4v) is 5.38. The SMILES string of the molecule is CN(CC=N)Nc1ccc2nc(-c3cccnc3N)n(-c3ccc(CN4CCC(Nc5ccnc(C#N)n5)CC4)cc3)c2n1. The van der Waals surface area contributed by atoms with Crippen LogP contribution in [0.1, 0.15) is 24.2 Å². The Kier molecular flexibility index (Phi) is 8.35. The van der Waals surface area contributed by atoms with E-state index < -0.39 is 0 Å². The smallest absolute Gasteiger partial charge is 0.234 e. The van der Waals surface area contributed by atoms with Gasteiger partial charge < -0.3 is 21.9 Å². The lowest BCUT2D eigenvalue weighted by atomic mass is 10.0. The summed E-state index contributed by atoms with van der Waals surface area (Å²) in [7, 11) is 1.86. The number of hydrogen-bond acceptors (Lipinski definition) is 12. The average molecular weight is 588 g/mol. The van der Waals surface area contributed by atoms with Crippen LogP contribution in [-0.4, -0.2) is 78.3 Å². The summed E-state index contributed by atoms with van der Waals surface area (Å²) in [6.07, 6.45) is 6.57. The summed E-state index contributed by atoms with van der Waals surface area (Å²) < 4.78 is 2.01. The van der Waals surface area contributed by atoms with Crippen molar-refractivity contribution in [3.8, 4) is 23.1 Å². The topological polar surface area (TPSA) is 174 Å². The molecule has 0 amide bonds. The van der Waals surface area contributed by atoms with Crippen LogP contribution in [0.5, 0.6) is 0 Å². The summed E-state index contributed by atoms with van der Waals surface area (Å²) in [4.78, 5) is 24.7. The first-order chi connectivity index (χ1) is 21.5. The second-order valence-electron chi connectivity index (χ2n) is 10.7. The number of nitrogens with zero attached hydrogens (tertiary/aromatic N) is 9. The Balaban J connectivity index is 1.21. The fraction of sp³-hybridized carbons (Fsp3) is 0.258. The number of piperidine rings is 1. The molecule has 0 bridgehead atoms. The maximum Gasteiger partial charge on any atom is 0.234 e. The van der Waals surface area contributed by atoms with E-state index in [0.29, 0.717) is 41.5 Å². The number of nitriles is 1. The van der Waals surface area contributed by atoms with Crippen LogP contribution in [0.4, 0.5) is 17.5 Å². The lowest BCUT2D eigenvalue weighted by Gasteiger charge is -2.32. The number of aromatic nitrogens is 6. The highest BCUT2D eigenvalue weighted by atomic mass is 15.5. The number of rotatable bonds is 10. The van der Waals surface area contributed by atoms with Crippen LogP contribution >= 0.6 is 0 Å². The predicted molar refractivity (Wildman–Crippen MR) is 170 cm³/mol. The Morgan fingerprint density at radius 2 is 1.84 bits per heavy atom. The second kappa shape index (κ2) is 12.8. The van der Waals surface area contributed by atoms with Crippen molar-refractivity contribution < 1.29 is 0 Å². The van der Waals surface area contributed by atoms with Gasteiger partial charge in [-0.15, -0.1) is 0 Å². The third-order valence-electron chi connectivity index (χ3n) is 7.55. The van der Waals surface area contributed by atoms with Crippen LogP contribution < -0.4 is 16.5 Å². The Morgan fingerprint density at radius 3 is 2.59 bits per heavy atom. The van der Waals surface area contributed by atoms with Crippen LogP contribution in [0.3, 0.4) is 0 Å². The van der Waals surface area contributed by atoms with E-state index in [4.69, 9.17) is 26.4 Å². The van der Waals surface area contributed by atoms with Crippen LogP contribution in [0.2, 0.25) is 0 Å². The second-order valence-corrected chi connectivity index (χ2v) is 10.7. The number of hydrogen-bond donors (Lipinski definition) is 4. The minimum Gasteiger partial charge on any atom is -0.383 e. The number of nitrogens with one attached hydrogen (secondary N) is 3. The van der Waals surface area contributed by atoms with Gasteiger partial charge in [-0.2, -0.15) is 5.26 Å². The molecule has 6 rings (SSSR count). The van der Waals surface area contributed by atoms with Crippen molar-refractivity contribution in [2.75, 3.05) is 43.2 Å². The van der Waals surface area contributed by atoms with Gasteiger partial charge in [-0.1, -0.05) is 12.1 Å². The highest BCUT2D eigenvalue weighted by Crippen LogP contribution is 2.31. The van der Waals surface area contributed by atoms with Gasteiger partial charge in [-0.3, -0.25) is 9.47 Å². The molecule has 0 unspecified atom stereocenters. The molecule has 222 valence electrons. The number of imidazole rings is 1. The molecule has 0 radical (unpaired) electrons. The summed E-state index contributed by atoms with van der Waals surface area (Å²) in [5.41, 5.74) is 13.8. The van der Waals surface area contributed by atoms with E-state index in [-0.39, 0.29) is 5.82 Å². The van der Waals surface area contributed by atoms with Crippen molar-refractivity contribution in [2.45, 2.75) is 25.4 Å². The Morgan fingerprint density at radius 1 is 1.02 bits per heavy atom. The Hall–Kier alpha value is -5.45. The predicted octanol–water partition coefficient (Wildman–Crippen LogP) is 3.71. The number of nitrogen functional groups attached to an aromatic ring is 1. The van der Waals surface area contributed by atoms with E-state index >= 15 is 0 Å². The molecule has 44 heavy (non-hydrogen) atoms. The van der Waals surface area contributed by atoms with Gasteiger partial charge in [0.2, 0.25) is 5.82 Å². The van der Waals surface area contributed by atoms with Gasteiger partial charge in [0.15, 0.2) is 11.5 Å². The van der Waals surface area contributed by atoms with Crippen LogP contribution in [-0.2, 0) is 6.54 Å². The van der Waals surface area contributed by atoms with Gasteiger partial charge in [0.25, 0.3) is 0 Å². The maximum absolute atomic E-state index is 9.06. The number of pyridine rings is 2. The Bertz CT molecular complexity index is 1800. The van der Waals surface area contributed by atoms with Crippen molar-refractivity contribution in [2.24, 2.45) is 0 Å². The summed E-state index contributed by atoms with van der Waals surface area (Å²) in [5, 5.41) is 21.7. The summed E-state index contributed by atoms with van der Waals surface area (Å²) in [5.74, 6) is 2.58. The highest BCUT2D eigenvalue weighted by Gasteiger charge is 2.21. The molecule has 0 saturated carbocycles. The first-order valence-electron chi connectivity index (χ1n) is 14.4. The molecule has 4 aromatic heterocycles. The molecule has 1 aliphatic heterocycles. The zero-order chi connectivity index (χ0) is 30.5. The molecule has 1 aromatic carbocycles. The van der Waals surface area contributed by atoms with Gasteiger partial charge >= 0.3 is 0 Å². The highest BCUT2D eigenvalue weighted by molar-refractivity contribution is 5.83. The zero-order valence-corrected chi connectivity index (χ0v) is 24.4. The lowest BCUT2D eigenvalue weighted by molar-refractivity contribution is 0.211. The number of fused-ring (bicyclic) bond motifs is 1. The van der Waals surface area contributed by atoms with Crippen molar-refractivity contribution in [3.05, 3.63) is 78.4 Å². The quantitative estimate of drug-likeness (QED) is 0.138.